The largest absolute Gasteiger partial charge is 0.225 e. The van der Waals surface area contributed by atoms with Gasteiger partial charge in [0.15, 0.2) is 0 Å². The average molecular weight is 723 g/mol. The molecule has 0 aliphatic rings. The zero-order valence-electron chi connectivity index (χ0n) is 29.0. The van der Waals surface area contributed by atoms with Crippen molar-refractivity contribution in [1.82, 2.24) is 60.0 Å². The van der Waals surface area contributed by atoms with E-state index in [2.05, 4.69) is 84.7 Å². The van der Waals surface area contributed by atoms with Gasteiger partial charge in [0.25, 0.3) is 0 Å². The van der Waals surface area contributed by atoms with Crippen LogP contribution in [0.5, 0.6) is 0 Å². The lowest BCUT2D eigenvalue weighted by Crippen LogP contribution is -2.04. The van der Waals surface area contributed by atoms with E-state index in [1.54, 1.807) is 31.2 Å². The van der Waals surface area contributed by atoms with E-state index in [0.29, 0.717) is 24.7 Å². The van der Waals surface area contributed by atoms with Crippen molar-refractivity contribution < 1.29 is 0 Å². The van der Waals surface area contributed by atoms with E-state index in [1.807, 2.05) is 82.4 Å². The minimum Gasteiger partial charge on any atom is -0.225 e. The molecule has 0 fully saturated rings. The Morgan fingerprint density at radius 2 is 0.942 bits per heavy atom. The third-order valence-corrected chi connectivity index (χ3v) is 10.9. The third-order valence-electron chi connectivity index (χ3n) is 8.56. The molecular formula is C38H34N12S2. The molecule has 12 nitrogen and oxygen atoms in total. The molecule has 4 aromatic heterocycles. The molecule has 14 heteroatoms. The number of tetrazole rings is 2. The van der Waals surface area contributed by atoms with Crippen molar-refractivity contribution >= 4 is 21.6 Å². The normalized spacial score (nSPS) is 11.4. The molecule has 8 aromatic rings. The first-order valence-electron chi connectivity index (χ1n) is 16.7. The van der Waals surface area contributed by atoms with Crippen LogP contribution in [0.3, 0.4) is 0 Å². The highest BCUT2D eigenvalue weighted by Crippen LogP contribution is 2.46. The number of rotatable bonds is 11. The fourth-order valence-corrected chi connectivity index (χ4v) is 8.28. The van der Waals surface area contributed by atoms with Gasteiger partial charge in [-0.3, -0.25) is 0 Å². The third kappa shape index (κ3) is 6.90. The van der Waals surface area contributed by atoms with Crippen LogP contribution in [-0.2, 0) is 13.1 Å². The molecule has 0 saturated heterocycles. The number of benzene rings is 4. The van der Waals surface area contributed by atoms with Crippen LogP contribution >= 0.6 is 21.6 Å². The summed E-state index contributed by atoms with van der Waals surface area (Å²) in [5, 5.41) is 38.8. The summed E-state index contributed by atoms with van der Waals surface area (Å²) in [6.45, 7) is 9.35. The van der Waals surface area contributed by atoms with Gasteiger partial charge in [0.05, 0.1) is 48.0 Å². The Labute approximate surface area is 308 Å². The molecule has 0 aliphatic carbocycles. The van der Waals surface area contributed by atoms with Crippen molar-refractivity contribution in [2.75, 3.05) is 0 Å². The Kier molecular flexibility index (Phi) is 9.22. The minimum absolute atomic E-state index is 0.490. The Morgan fingerprint density at radius 1 is 0.519 bits per heavy atom. The highest BCUT2D eigenvalue weighted by atomic mass is 33.1. The second-order valence-corrected chi connectivity index (χ2v) is 14.7. The van der Waals surface area contributed by atoms with E-state index >= 15 is 0 Å². The maximum atomic E-state index is 4.89. The van der Waals surface area contributed by atoms with Gasteiger partial charge >= 0.3 is 0 Å². The summed E-state index contributed by atoms with van der Waals surface area (Å²) in [6.07, 6.45) is 3.63. The monoisotopic (exact) mass is 722 g/mol. The maximum Gasteiger partial charge on any atom is 0.209 e. The molecule has 0 spiro atoms. The summed E-state index contributed by atoms with van der Waals surface area (Å²) < 4.78 is 3.92. The van der Waals surface area contributed by atoms with E-state index in [1.165, 1.54) is 0 Å². The van der Waals surface area contributed by atoms with Gasteiger partial charge in [0, 0.05) is 0 Å². The summed E-state index contributed by atoms with van der Waals surface area (Å²) in [6, 6.07) is 32.9. The lowest BCUT2D eigenvalue weighted by atomic mass is 10.1. The van der Waals surface area contributed by atoms with Crippen LogP contribution in [0, 0.1) is 27.7 Å². The van der Waals surface area contributed by atoms with Gasteiger partial charge in [0.2, 0.25) is 11.6 Å². The molecule has 0 N–H and O–H groups in total. The zero-order valence-corrected chi connectivity index (χ0v) is 30.6. The summed E-state index contributed by atoms with van der Waals surface area (Å²) in [4.78, 5) is 3.22. The summed E-state index contributed by atoms with van der Waals surface area (Å²) in [5.74, 6) is 0.980. The summed E-state index contributed by atoms with van der Waals surface area (Å²) >= 11 is 0. The second kappa shape index (κ2) is 14.4. The summed E-state index contributed by atoms with van der Waals surface area (Å²) in [5.41, 5.74) is 10.1. The molecule has 4 aromatic carbocycles. The molecular weight excluding hydrogens is 689 g/mol. The molecule has 52 heavy (non-hydrogen) atoms. The zero-order chi connectivity index (χ0) is 35.6. The van der Waals surface area contributed by atoms with Gasteiger partial charge in [0.1, 0.15) is 10.1 Å². The molecule has 0 saturated carbocycles. The van der Waals surface area contributed by atoms with Gasteiger partial charge in [-0.05, 0) is 105 Å². The molecule has 8 rings (SSSR count). The van der Waals surface area contributed by atoms with Crippen molar-refractivity contribution in [2.45, 2.75) is 50.8 Å². The van der Waals surface area contributed by atoms with Crippen molar-refractivity contribution in [3.63, 3.8) is 0 Å². The average Bonchev–Trinajstić information content (AvgIpc) is 3.97. The van der Waals surface area contributed by atoms with Crippen LogP contribution in [0.25, 0.3) is 34.2 Å². The van der Waals surface area contributed by atoms with Crippen molar-refractivity contribution in [3.8, 4) is 34.2 Å². The first-order chi connectivity index (χ1) is 25.4. The van der Waals surface area contributed by atoms with Crippen LogP contribution in [0.15, 0.2) is 120 Å². The minimum atomic E-state index is 0.490. The van der Waals surface area contributed by atoms with Gasteiger partial charge in [-0.2, -0.15) is 19.8 Å². The number of aromatic nitrogens is 12. The number of hydrogen-bond acceptors (Lipinski definition) is 10. The SMILES string of the molecule is Cc1ccc(C)c(-n2ncc(-c3nnn(Cc4ccccc4)n3)c2SSc2c(-c3nnn(Cc4ccccc4)n3)cnn2-c2cc(C)ccc2C)c1. The van der Waals surface area contributed by atoms with Crippen molar-refractivity contribution in [1.29, 1.82) is 0 Å². The van der Waals surface area contributed by atoms with Gasteiger partial charge < -0.3 is 0 Å². The Hall–Kier alpha value is -5.86. The van der Waals surface area contributed by atoms with Crippen LogP contribution in [0.1, 0.15) is 33.4 Å². The molecule has 0 bridgehead atoms. The highest BCUT2D eigenvalue weighted by molar-refractivity contribution is 8.76. The Balaban J connectivity index is 1.20. The highest BCUT2D eigenvalue weighted by Gasteiger charge is 2.25. The van der Waals surface area contributed by atoms with Crippen LogP contribution < -0.4 is 0 Å². The number of nitrogens with zero attached hydrogens (tertiary/aromatic N) is 12. The van der Waals surface area contributed by atoms with Crippen LogP contribution in [-0.4, -0.2) is 60.0 Å². The molecule has 0 unspecified atom stereocenters. The topological polar surface area (TPSA) is 123 Å². The van der Waals surface area contributed by atoms with E-state index in [-0.39, 0.29) is 0 Å². The van der Waals surface area contributed by atoms with Gasteiger partial charge in [-0.1, -0.05) is 84.9 Å². The van der Waals surface area contributed by atoms with E-state index in [9.17, 15) is 0 Å². The Morgan fingerprint density at radius 3 is 1.37 bits per heavy atom. The van der Waals surface area contributed by atoms with Crippen molar-refractivity contribution in [3.05, 3.63) is 143 Å². The predicted octanol–water partition coefficient (Wildman–Crippen LogP) is 7.49. The molecule has 0 amide bonds. The second-order valence-electron chi connectivity index (χ2n) is 12.6. The molecule has 0 aliphatic heterocycles. The number of hydrogen-bond donors (Lipinski definition) is 0. The lowest BCUT2D eigenvalue weighted by Gasteiger charge is -2.14. The van der Waals surface area contributed by atoms with Crippen LogP contribution in [0.2, 0.25) is 0 Å². The van der Waals surface area contributed by atoms with E-state index < -0.39 is 0 Å². The summed E-state index contributed by atoms with van der Waals surface area (Å²) in [7, 11) is 3.10. The van der Waals surface area contributed by atoms with Crippen LogP contribution in [0.4, 0.5) is 0 Å². The maximum absolute atomic E-state index is 4.89. The standard InChI is InChI=1S/C38H34N12S2/c1-25-15-17-27(3)33(19-25)49-37(31(21-39-49)35-41-45-47(43-35)23-29-11-7-5-8-12-29)51-52-38-32(22-40-50(38)34-20-26(2)16-18-28(34)4)36-42-46-48(44-36)24-30-13-9-6-10-14-30/h5-22H,23-24H2,1-4H3. The van der Waals surface area contributed by atoms with Crippen molar-refractivity contribution in [2.24, 2.45) is 0 Å². The fraction of sp³-hybridized carbons (Fsp3) is 0.158. The first kappa shape index (κ1) is 33.3. The molecule has 0 atom stereocenters. The smallest absolute Gasteiger partial charge is 0.209 e. The van der Waals surface area contributed by atoms with Gasteiger partial charge in [-0.25, -0.2) is 9.36 Å². The molecule has 0 radical (unpaired) electrons. The van der Waals surface area contributed by atoms with E-state index in [4.69, 9.17) is 20.4 Å². The Bertz CT molecular complexity index is 2310. The van der Waals surface area contributed by atoms with E-state index in [0.717, 1.165) is 65.9 Å². The number of aryl methyl sites for hydroxylation is 4. The quantitative estimate of drug-likeness (QED) is 0.124. The fourth-order valence-electron chi connectivity index (χ4n) is 5.79. The first-order valence-corrected chi connectivity index (χ1v) is 18.8. The molecule has 258 valence electrons. The lowest BCUT2D eigenvalue weighted by molar-refractivity contribution is 0.573. The predicted molar refractivity (Wildman–Crippen MR) is 202 cm³/mol. The van der Waals surface area contributed by atoms with Gasteiger partial charge in [-0.15, -0.1) is 20.4 Å². The molecule has 4 heterocycles.